The Morgan fingerprint density at radius 1 is 1.48 bits per heavy atom. The number of hydrogen-bond donors (Lipinski definition) is 0. The summed E-state index contributed by atoms with van der Waals surface area (Å²) in [6.07, 6.45) is 12.8. The van der Waals surface area contributed by atoms with Crippen molar-refractivity contribution in [1.82, 2.24) is 14.8 Å². The van der Waals surface area contributed by atoms with Crippen molar-refractivity contribution < 1.29 is 4.39 Å². The number of hydrogen-bond acceptors (Lipinski definition) is 3. The van der Waals surface area contributed by atoms with Crippen molar-refractivity contribution in [2.75, 3.05) is 0 Å². The fraction of sp³-hybridized carbons (Fsp3) is 0.111. The number of nitrogens with zero attached hydrogens (tertiary/aromatic N) is 4. The molecular formula is C18H13FN4. The predicted octanol–water partition coefficient (Wildman–Crippen LogP) is 3.79. The third-order valence-electron chi connectivity index (χ3n) is 3.47. The molecule has 2 aromatic heterocycles. The summed E-state index contributed by atoms with van der Waals surface area (Å²) in [5.41, 5.74) is 4.10. The van der Waals surface area contributed by atoms with Crippen molar-refractivity contribution in [3.05, 3.63) is 53.3 Å². The fourth-order valence-corrected chi connectivity index (χ4v) is 2.41. The predicted molar refractivity (Wildman–Crippen MR) is 89.3 cm³/mol. The summed E-state index contributed by atoms with van der Waals surface area (Å²) in [7, 11) is 0. The second-order valence-electron chi connectivity index (χ2n) is 5.05. The number of aliphatic imine (C=N–C) groups is 1. The van der Waals surface area contributed by atoms with Crippen LogP contribution in [0, 0.1) is 19.3 Å². The standard InChI is InChI=1S/C18H13FN4/c1-4-5-14(19)10-12(2)16-11-23(22-13(16)3)17-7-9-21-18-15(17)6-8-20-18/h1,5-7,9-11H,2-3H3/b12-10+,14-5+. The lowest BCUT2D eigenvalue weighted by Crippen LogP contribution is -1.98. The molecule has 0 saturated heterocycles. The highest BCUT2D eigenvalue weighted by atomic mass is 19.1. The highest BCUT2D eigenvalue weighted by Crippen LogP contribution is 2.28. The molecule has 0 saturated carbocycles. The van der Waals surface area contributed by atoms with Gasteiger partial charge in [-0.3, -0.25) is 0 Å². The minimum atomic E-state index is -0.460. The van der Waals surface area contributed by atoms with Gasteiger partial charge in [-0.2, -0.15) is 10.1 Å². The maximum Gasteiger partial charge on any atom is 0.171 e. The quantitative estimate of drug-likeness (QED) is 0.546. The lowest BCUT2D eigenvalue weighted by atomic mass is 10.1. The largest absolute Gasteiger partial charge is 0.239 e. The summed E-state index contributed by atoms with van der Waals surface area (Å²) in [6, 6.07) is 1.85. The molecule has 0 N–H and O–H groups in total. The van der Waals surface area contributed by atoms with Gasteiger partial charge >= 0.3 is 0 Å². The van der Waals surface area contributed by atoms with E-state index in [0.717, 1.165) is 34.2 Å². The van der Waals surface area contributed by atoms with E-state index in [1.807, 2.05) is 26.1 Å². The summed E-state index contributed by atoms with van der Waals surface area (Å²) in [6.45, 7) is 3.69. The lowest BCUT2D eigenvalue weighted by molar-refractivity contribution is 0.668. The van der Waals surface area contributed by atoms with E-state index in [1.54, 1.807) is 17.0 Å². The average molecular weight is 304 g/mol. The van der Waals surface area contributed by atoms with Gasteiger partial charge in [0.25, 0.3) is 0 Å². The summed E-state index contributed by atoms with van der Waals surface area (Å²) in [4.78, 5) is 8.25. The van der Waals surface area contributed by atoms with Gasteiger partial charge in [0.1, 0.15) is 5.83 Å². The molecule has 3 rings (SSSR count). The molecule has 0 atom stereocenters. The van der Waals surface area contributed by atoms with Gasteiger partial charge in [0.05, 0.1) is 16.9 Å². The maximum atomic E-state index is 13.6. The third-order valence-corrected chi connectivity index (χ3v) is 3.47. The smallest absolute Gasteiger partial charge is 0.171 e. The molecule has 4 nitrogen and oxygen atoms in total. The molecule has 0 bridgehead atoms. The summed E-state index contributed by atoms with van der Waals surface area (Å²) >= 11 is 0. The van der Waals surface area contributed by atoms with Gasteiger partial charge in [0.15, 0.2) is 5.82 Å². The van der Waals surface area contributed by atoms with Crippen LogP contribution >= 0.6 is 0 Å². The Morgan fingerprint density at radius 3 is 3.09 bits per heavy atom. The number of rotatable bonds is 3. The van der Waals surface area contributed by atoms with Gasteiger partial charge in [-0.05, 0) is 37.4 Å². The number of aromatic nitrogens is 3. The van der Waals surface area contributed by atoms with Crippen LogP contribution in [0.15, 0.2) is 41.4 Å². The van der Waals surface area contributed by atoms with Crippen molar-refractivity contribution in [2.45, 2.75) is 13.8 Å². The molecule has 1 aliphatic heterocycles. The second-order valence-corrected chi connectivity index (χ2v) is 5.05. The molecule has 112 valence electrons. The van der Waals surface area contributed by atoms with Crippen LogP contribution in [-0.2, 0) is 0 Å². The van der Waals surface area contributed by atoms with Crippen molar-refractivity contribution in [3.63, 3.8) is 0 Å². The topological polar surface area (TPSA) is 43.1 Å². The van der Waals surface area contributed by atoms with Crippen LogP contribution in [0.2, 0.25) is 0 Å². The van der Waals surface area contributed by atoms with E-state index in [-0.39, 0.29) is 0 Å². The Kier molecular flexibility index (Phi) is 3.76. The SMILES string of the molecule is C#C/C=C(F)\C=C(/C)c1cn(-c2ccnc3c2C=C=N3)nc1C. The van der Waals surface area contributed by atoms with Crippen LogP contribution in [0.4, 0.5) is 10.2 Å². The second kappa shape index (κ2) is 5.88. The maximum absolute atomic E-state index is 13.6. The van der Waals surface area contributed by atoms with Crippen molar-refractivity contribution >= 4 is 23.3 Å². The molecule has 0 fully saturated rings. The van der Waals surface area contributed by atoms with Crippen LogP contribution in [0.1, 0.15) is 23.7 Å². The van der Waals surface area contributed by atoms with Crippen molar-refractivity contribution in [3.8, 4) is 18.0 Å². The summed E-state index contributed by atoms with van der Waals surface area (Å²) in [5.74, 6) is 5.12. The van der Waals surface area contributed by atoms with Gasteiger partial charge < -0.3 is 0 Å². The number of allylic oxidation sites excluding steroid dienone is 4. The van der Waals surface area contributed by atoms with Gasteiger partial charge in [-0.15, -0.1) is 6.42 Å². The molecule has 2 aromatic rings. The average Bonchev–Trinajstić information content (AvgIpc) is 3.13. The van der Waals surface area contributed by atoms with E-state index in [2.05, 4.69) is 26.9 Å². The molecule has 0 unspecified atom stereocenters. The molecule has 23 heavy (non-hydrogen) atoms. The first-order chi connectivity index (χ1) is 11.1. The Hall–Kier alpha value is -3.22. The number of pyridine rings is 1. The minimum absolute atomic E-state index is 0.460. The Labute approximate surface area is 133 Å². The van der Waals surface area contributed by atoms with Gasteiger partial charge in [0.2, 0.25) is 0 Å². The normalized spacial score (nSPS) is 13.3. The minimum Gasteiger partial charge on any atom is -0.239 e. The molecule has 0 aliphatic carbocycles. The monoisotopic (exact) mass is 304 g/mol. The first kappa shape index (κ1) is 14.7. The third kappa shape index (κ3) is 2.76. The van der Waals surface area contributed by atoms with Crippen molar-refractivity contribution in [1.29, 1.82) is 0 Å². The van der Waals surface area contributed by atoms with Gasteiger partial charge in [-0.1, -0.05) is 5.92 Å². The first-order valence-electron chi connectivity index (χ1n) is 6.95. The molecule has 0 amide bonds. The Balaban J connectivity index is 2.04. The zero-order valence-electron chi connectivity index (χ0n) is 12.7. The fourth-order valence-electron chi connectivity index (χ4n) is 2.41. The number of halogens is 1. The van der Waals surface area contributed by atoms with E-state index in [4.69, 9.17) is 6.42 Å². The lowest BCUT2D eigenvalue weighted by Gasteiger charge is -2.05. The summed E-state index contributed by atoms with van der Waals surface area (Å²) in [5, 5.41) is 4.51. The molecule has 0 radical (unpaired) electrons. The van der Waals surface area contributed by atoms with Crippen LogP contribution in [0.3, 0.4) is 0 Å². The van der Waals surface area contributed by atoms with E-state index in [1.165, 1.54) is 6.08 Å². The van der Waals surface area contributed by atoms with Gasteiger partial charge in [0, 0.05) is 30.1 Å². The molecule has 0 spiro atoms. The molecule has 3 heterocycles. The molecule has 5 heteroatoms. The van der Waals surface area contributed by atoms with Crippen molar-refractivity contribution in [2.24, 2.45) is 4.99 Å². The van der Waals surface area contributed by atoms with E-state index in [9.17, 15) is 4.39 Å². The summed E-state index contributed by atoms with van der Waals surface area (Å²) < 4.78 is 15.3. The van der Waals surface area contributed by atoms with Crippen LogP contribution in [0.25, 0.3) is 17.3 Å². The number of fused-ring (bicyclic) bond motifs is 1. The van der Waals surface area contributed by atoms with Crippen LogP contribution < -0.4 is 0 Å². The van der Waals surface area contributed by atoms with Crippen LogP contribution in [-0.4, -0.2) is 20.6 Å². The highest BCUT2D eigenvalue weighted by molar-refractivity contribution is 5.91. The van der Waals surface area contributed by atoms with Gasteiger partial charge in [-0.25, -0.2) is 14.1 Å². The zero-order chi connectivity index (χ0) is 16.4. The van der Waals surface area contributed by atoms with E-state index >= 15 is 0 Å². The van der Waals surface area contributed by atoms with E-state index in [0.29, 0.717) is 5.82 Å². The zero-order valence-corrected chi connectivity index (χ0v) is 12.7. The highest BCUT2D eigenvalue weighted by Gasteiger charge is 2.14. The Morgan fingerprint density at radius 2 is 2.30 bits per heavy atom. The first-order valence-corrected chi connectivity index (χ1v) is 6.95. The molecular weight excluding hydrogens is 291 g/mol. The number of aryl methyl sites for hydroxylation is 1. The molecule has 0 aromatic carbocycles. The van der Waals surface area contributed by atoms with Crippen LogP contribution in [0.5, 0.6) is 0 Å². The molecule has 1 aliphatic rings. The number of terminal acetylenes is 1. The van der Waals surface area contributed by atoms with E-state index < -0.39 is 5.83 Å². The Bertz CT molecular complexity index is 948.